The Morgan fingerprint density at radius 1 is 0.378 bits per heavy atom. The summed E-state index contributed by atoms with van der Waals surface area (Å²) in [6, 6.07) is 49.5. The number of nitrogens with zero attached hydrogens (tertiary/aromatic N) is 3. The molecule has 0 aliphatic heterocycles. The summed E-state index contributed by atoms with van der Waals surface area (Å²) in [7, 11) is 0. The van der Waals surface area contributed by atoms with Crippen molar-refractivity contribution in [2.24, 2.45) is 0 Å². The van der Waals surface area contributed by atoms with E-state index in [9.17, 15) is 4.79 Å². The molecule has 2 aromatic heterocycles. The van der Waals surface area contributed by atoms with Crippen molar-refractivity contribution < 1.29 is 4.42 Å². The van der Waals surface area contributed by atoms with Crippen LogP contribution in [0.15, 0.2) is 161 Å². The molecule has 0 N–H and O–H groups in total. The van der Waals surface area contributed by atoms with Crippen LogP contribution < -0.4 is 5.43 Å². The molecule has 8 aromatic rings. The van der Waals surface area contributed by atoms with Crippen molar-refractivity contribution in [3.05, 3.63) is 162 Å². The van der Waals surface area contributed by atoms with Gasteiger partial charge in [0.05, 0.1) is 10.8 Å². The lowest BCUT2D eigenvalue weighted by Gasteiger charge is -2.15. The van der Waals surface area contributed by atoms with Gasteiger partial charge in [0, 0.05) is 16.7 Å². The maximum absolute atomic E-state index is 13.2. The van der Waals surface area contributed by atoms with Crippen molar-refractivity contribution in [2.45, 2.75) is 0 Å². The summed E-state index contributed by atoms with van der Waals surface area (Å²) in [6.45, 7) is 0. The normalized spacial score (nSPS) is 11.2. The second-order valence-electron chi connectivity index (χ2n) is 10.8. The van der Waals surface area contributed by atoms with Gasteiger partial charge in [-0.2, -0.15) is 0 Å². The van der Waals surface area contributed by atoms with Gasteiger partial charge in [-0.25, -0.2) is 15.0 Å². The molecule has 0 atom stereocenters. The third-order valence-electron chi connectivity index (χ3n) is 7.97. The largest absolute Gasteiger partial charge is 0.456 e. The fraction of sp³-hybridized carbons (Fsp3) is 0. The molecule has 0 fully saturated rings. The Morgan fingerprint density at radius 3 is 1.53 bits per heavy atom. The highest BCUT2D eigenvalue weighted by atomic mass is 16.3. The first kappa shape index (κ1) is 26.4. The molecule has 0 saturated carbocycles. The summed E-state index contributed by atoms with van der Waals surface area (Å²) in [5.41, 5.74) is 7.76. The molecule has 0 aliphatic carbocycles. The Bertz CT molecular complexity index is 2340. The third kappa shape index (κ3) is 4.86. The van der Waals surface area contributed by atoms with Gasteiger partial charge in [0.25, 0.3) is 0 Å². The summed E-state index contributed by atoms with van der Waals surface area (Å²) < 4.78 is 6.21. The predicted octanol–water partition coefficient (Wildman–Crippen LogP) is 9.47. The van der Waals surface area contributed by atoms with E-state index in [1.807, 2.05) is 121 Å². The van der Waals surface area contributed by atoms with Crippen LogP contribution in [0, 0.1) is 0 Å². The van der Waals surface area contributed by atoms with E-state index in [0.717, 1.165) is 38.9 Å². The standard InChI is InChI=1S/C40H25N3O2/c44-37-33-21-11-12-22-35(33)45-36-25-28(23-24-34(36)37)29-17-7-8-18-30(29)31-19-9-10-20-32(31)40-42-38(26-13-3-1-4-14-26)41-39(43-40)27-15-5-2-6-16-27/h1-25H. The molecular weight excluding hydrogens is 554 g/mol. The highest BCUT2D eigenvalue weighted by Crippen LogP contribution is 2.38. The number of aromatic nitrogens is 3. The van der Waals surface area contributed by atoms with Crippen molar-refractivity contribution >= 4 is 21.9 Å². The van der Waals surface area contributed by atoms with Gasteiger partial charge in [0.1, 0.15) is 11.2 Å². The van der Waals surface area contributed by atoms with Crippen molar-refractivity contribution in [2.75, 3.05) is 0 Å². The fourth-order valence-electron chi connectivity index (χ4n) is 5.78. The number of fused-ring (bicyclic) bond motifs is 2. The second-order valence-corrected chi connectivity index (χ2v) is 10.8. The Balaban J connectivity index is 1.31. The number of rotatable bonds is 5. The third-order valence-corrected chi connectivity index (χ3v) is 7.97. The zero-order valence-electron chi connectivity index (χ0n) is 24.1. The van der Waals surface area contributed by atoms with Crippen LogP contribution in [0.25, 0.3) is 78.4 Å². The smallest absolute Gasteiger partial charge is 0.200 e. The molecule has 45 heavy (non-hydrogen) atoms. The molecule has 0 saturated heterocycles. The first-order valence-corrected chi connectivity index (χ1v) is 14.7. The van der Waals surface area contributed by atoms with E-state index in [0.29, 0.717) is 39.4 Å². The van der Waals surface area contributed by atoms with Gasteiger partial charge in [0.2, 0.25) is 5.43 Å². The van der Waals surface area contributed by atoms with Gasteiger partial charge in [-0.15, -0.1) is 0 Å². The quantitative estimate of drug-likeness (QED) is 0.190. The molecule has 212 valence electrons. The molecule has 0 radical (unpaired) electrons. The van der Waals surface area contributed by atoms with Gasteiger partial charge >= 0.3 is 0 Å². The second kappa shape index (κ2) is 11.1. The molecule has 0 unspecified atom stereocenters. The van der Waals surface area contributed by atoms with Crippen LogP contribution in [0.2, 0.25) is 0 Å². The number of para-hydroxylation sites is 1. The van der Waals surface area contributed by atoms with Crippen LogP contribution in [0.4, 0.5) is 0 Å². The fourth-order valence-corrected chi connectivity index (χ4v) is 5.78. The minimum atomic E-state index is -0.0321. The van der Waals surface area contributed by atoms with E-state index in [2.05, 4.69) is 24.3 Å². The zero-order chi connectivity index (χ0) is 30.2. The molecule has 0 bridgehead atoms. The Labute approximate surface area is 259 Å². The molecule has 0 aliphatic rings. The summed E-state index contributed by atoms with van der Waals surface area (Å²) >= 11 is 0. The van der Waals surface area contributed by atoms with Gasteiger partial charge < -0.3 is 4.42 Å². The first-order valence-electron chi connectivity index (χ1n) is 14.7. The Hall–Kier alpha value is -6.20. The molecule has 8 rings (SSSR count). The van der Waals surface area contributed by atoms with E-state index in [1.54, 1.807) is 6.07 Å². The van der Waals surface area contributed by atoms with Crippen molar-refractivity contribution in [3.8, 4) is 56.4 Å². The Morgan fingerprint density at radius 2 is 0.867 bits per heavy atom. The van der Waals surface area contributed by atoms with E-state index < -0.39 is 0 Å². The van der Waals surface area contributed by atoms with E-state index in [4.69, 9.17) is 19.4 Å². The molecule has 0 spiro atoms. The summed E-state index contributed by atoms with van der Waals surface area (Å²) in [5, 5.41) is 1.14. The maximum atomic E-state index is 13.2. The Kier molecular flexibility index (Phi) is 6.54. The minimum absolute atomic E-state index is 0.0321. The van der Waals surface area contributed by atoms with Crippen LogP contribution in [-0.2, 0) is 0 Å². The molecular formula is C40H25N3O2. The highest BCUT2D eigenvalue weighted by molar-refractivity contribution is 5.95. The van der Waals surface area contributed by atoms with E-state index >= 15 is 0 Å². The first-order chi connectivity index (χ1) is 22.2. The van der Waals surface area contributed by atoms with Crippen molar-refractivity contribution in [1.82, 2.24) is 15.0 Å². The van der Waals surface area contributed by atoms with Crippen LogP contribution in [0.3, 0.4) is 0 Å². The SMILES string of the molecule is O=c1c2ccccc2oc2cc(-c3ccccc3-c3ccccc3-c3nc(-c4ccccc4)nc(-c4ccccc4)n3)ccc12. The molecule has 5 nitrogen and oxygen atoms in total. The van der Waals surface area contributed by atoms with E-state index in [-0.39, 0.29) is 5.43 Å². The summed E-state index contributed by atoms with van der Waals surface area (Å²) in [6.07, 6.45) is 0. The van der Waals surface area contributed by atoms with Crippen LogP contribution in [0.5, 0.6) is 0 Å². The molecule has 2 heterocycles. The van der Waals surface area contributed by atoms with Crippen LogP contribution in [0.1, 0.15) is 0 Å². The molecule has 5 heteroatoms. The van der Waals surface area contributed by atoms with Crippen LogP contribution >= 0.6 is 0 Å². The molecule has 6 aromatic carbocycles. The van der Waals surface area contributed by atoms with Crippen molar-refractivity contribution in [1.29, 1.82) is 0 Å². The summed E-state index contributed by atoms with van der Waals surface area (Å²) in [4.78, 5) is 28.1. The predicted molar refractivity (Wildman–Crippen MR) is 181 cm³/mol. The van der Waals surface area contributed by atoms with Gasteiger partial charge in [-0.3, -0.25) is 4.79 Å². The topological polar surface area (TPSA) is 68.9 Å². The number of hydrogen-bond donors (Lipinski definition) is 0. The summed E-state index contributed by atoms with van der Waals surface area (Å²) in [5.74, 6) is 1.81. The van der Waals surface area contributed by atoms with E-state index in [1.165, 1.54) is 0 Å². The van der Waals surface area contributed by atoms with Gasteiger partial charge in [0.15, 0.2) is 17.5 Å². The zero-order valence-corrected chi connectivity index (χ0v) is 24.1. The molecule has 0 amide bonds. The number of hydrogen-bond acceptors (Lipinski definition) is 5. The monoisotopic (exact) mass is 579 g/mol. The van der Waals surface area contributed by atoms with Crippen molar-refractivity contribution in [3.63, 3.8) is 0 Å². The average molecular weight is 580 g/mol. The van der Waals surface area contributed by atoms with Crippen LogP contribution in [-0.4, -0.2) is 15.0 Å². The lowest BCUT2D eigenvalue weighted by atomic mass is 9.91. The lowest BCUT2D eigenvalue weighted by molar-refractivity contribution is 0.660. The van der Waals surface area contributed by atoms with Gasteiger partial charge in [-0.1, -0.05) is 127 Å². The maximum Gasteiger partial charge on any atom is 0.200 e. The lowest BCUT2D eigenvalue weighted by Crippen LogP contribution is -2.02. The minimum Gasteiger partial charge on any atom is -0.456 e. The average Bonchev–Trinajstić information content (AvgIpc) is 3.12. The highest BCUT2D eigenvalue weighted by Gasteiger charge is 2.18. The number of benzene rings is 6. The van der Waals surface area contributed by atoms with Gasteiger partial charge in [-0.05, 0) is 46.5 Å².